The van der Waals surface area contributed by atoms with E-state index >= 15 is 0 Å². The SMILES string of the molecule is C=C(N=C(N=C(N)Cl)Nc1cc(S(=O)(=O)O)cc2cc(S(=O)(=O)O)c(N=Nc3ccccc3S(=O)(=O)O)c(O)c12)NCCN1CCN(c2nc(Cl)nc(Nc3cc(S(=O)(=O)O)c(N=Nc4c(C)c(C(N)=O)c(O)n(CC)c4=O)cc3S(=O)(=O)O)n2)CC1. The van der Waals surface area contributed by atoms with Gasteiger partial charge in [0, 0.05) is 56.8 Å². The summed E-state index contributed by atoms with van der Waals surface area (Å²) in [6.07, 6.45) is 0. The molecule has 6 aromatic rings. The quantitative estimate of drug-likeness (QED) is 0.0170. The summed E-state index contributed by atoms with van der Waals surface area (Å²) in [6, 6.07) is 7.54. The molecule has 4 aromatic carbocycles. The Labute approximate surface area is 501 Å². The number of rotatable bonds is 20. The Morgan fingerprint density at radius 3 is 1.92 bits per heavy atom. The number of amides is 1. The fraction of sp³-hybridized carbons (Fsp3) is 0.205. The Balaban J connectivity index is 1.09. The van der Waals surface area contributed by atoms with Gasteiger partial charge in [0.1, 0.15) is 48.0 Å². The molecule has 0 aliphatic carbocycles. The van der Waals surface area contributed by atoms with Gasteiger partial charge in [-0.2, -0.15) is 67.0 Å². The third kappa shape index (κ3) is 15.6. The Bertz CT molecular complexity index is 4640. The molecule has 0 radical (unpaired) electrons. The maximum atomic E-state index is 13.2. The molecule has 0 bridgehead atoms. The Kier molecular flexibility index (Phi) is 19.3. The number of anilines is 4. The number of primary amides is 1. The van der Waals surface area contributed by atoms with Gasteiger partial charge in [0.25, 0.3) is 62.1 Å². The summed E-state index contributed by atoms with van der Waals surface area (Å²) in [5.41, 5.74) is 4.75. The van der Waals surface area contributed by atoms with Crippen LogP contribution in [0.25, 0.3) is 10.8 Å². The van der Waals surface area contributed by atoms with Crippen LogP contribution >= 0.6 is 23.2 Å². The van der Waals surface area contributed by atoms with Crippen molar-refractivity contribution in [2.24, 2.45) is 41.9 Å². The van der Waals surface area contributed by atoms with E-state index in [0.717, 1.165) is 25.1 Å². The van der Waals surface area contributed by atoms with Crippen molar-refractivity contribution in [3.05, 3.63) is 93.8 Å². The summed E-state index contributed by atoms with van der Waals surface area (Å²) in [7, 11) is -26.1. The third-order valence-electron chi connectivity index (χ3n) is 12.1. The summed E-state index contributed by atoms with van der Waals surface area (Å²) < 4.78 is 176. The first-order valence-electron chi connectivity index (χ1n) is 23.9. The average molecular weight is 1350 g/mol. The van der Waals surface area contributed by atoms with Crippen molar-refractivity contribution in [3.63, 3.8) is 0 Å². The molecular weight excluding hydrogens is 1300 g/mol. The van der Waals surface area contributed by atoms with Crippen LogP contribution in [0.4, 0.5) is 46.0 Å². The van der Waals surface area contributed by atoms with E-state index in [-0.39, 0.29) is 50.1 Å². The summed E-state index contributed by atoms with van der Waals surface area (Å²) in [5.74, 6) is -4.41. The predicted molar refractivity (Wildman–Crippen MR) is 310 cm³/mol. The number of aliphatic imine (C=N–C) groups is 2. The van der Waals surface area contributed by atoms with Gasteiger partial charge in [-0.25, -0.2) is 0 Å². The molecule has 0 spiro atoms. The van der Waals surface area contributed by atoms with Crippen LogP contribution < -0.4 is 37.9 Å². The number of aromatic nitrogens is 4. The maximum absolute atomic E-state index is 13.2. The molecule has 7 rings (SSSR count). The standard InChI is InChI=1S/C44H45Cl2N17O19S5/c1-4-63-38(66)32(37(47)65)20(2)34(39(63)67)59-58-26-19-29(85(74,75)76)25(18-30(26)86(77,78)79)51-43-54-41(46)55-44(56-43)62-13-11-61(12-14-62)10-9-49-21(3)50-42(53-40(45)48)52-27-17-23(83(68,69)70)15-22-16-31(87(80,81)82)35(36(64)33(22)27)60-57-24-7-5-6-8-28(24)84(71,72)73/h5-8,15-19,49,64,66H,3-4,9-14H2,1-2H3,(H2,47,65)(H,68,69,70)(H,71,72,73)(H,74,75,76)(H,77,78,79)(H,80,81,82)(H3,48,50,52,53)(H,51,54,55,56). The van der Waals surface area contributed by atoms with Gasteiger partial charge < -0.3 is 42.5 Å². The highest BCUT2D eigenvalue weighted by Crippen LogP contribution is 2.46. The number of pyridine rings is 1. The molecule has 1 fully saturated rings. The number of azo groups is 2. The van der Waals surface area contributed by atoms with Gasteiger partial charge in [0.15, 0.2) is 16.7 Å². The van der Waals surface area contributed by atoms with Gasteiger partial charge in [0.2, 0.25) is 29.0 Å². The van der Waals surface area contributed by atoms with Crippen molar-refractivity contribution in [3.8, 4) is 11.6 Å². The largest absolute Gasteiger partial charge is 0.505 e. The van der Waals surface area contributed by atoms with E-state index in [1.807, 2.05) is 4.90 Å². The lowest BCUT2D eigenvalue weighted by atomic mass is 10.1. The van der Waals surface area contributed by atoms with Gasteiger partial charge in [-0.05, 0) is 84.9 Å². The van der Waals surface area contributed by atoms with E-state index in [1.165, 1.54) is 19.1 Å². The van der Waals surface area contributed by atoms with Crippen LogP contribution in [0.3, 0.4) is 0 Å². The van der Waals surface area contributed by atoms with E-state index in [1.54, 1.807) is 4.90 Å². The number of carbonyl (C=O) groups excluding carboxylic acids is 1. The highest BCUT2D eigenvalue weighted by atomic mass is 35.5. The van der Waals surface area contributed by atoms with Crippen molar-refractivity contribution < 1.29 is 79.9 Å². The third-order valence-corrected chi connectivity index (χ3v) is 16.8. The molecule has 0 unspecified atom stereocenters. The smallest absolute Gasteiger partial charge is 0.296 e. The number of phenolic OH excluding ortho intramolecular Hbond substituents is 1. The summed E-state index contributed by atoms with van der Waals surface area (Å²) >= 11 is 12.1. The number of piperazine rings is 1. The molecule has 14 N–H and O–H groups in total. The fourth-order valence-electron chi connectivity index (χ4n) is 8.28. The van der Waals surface area contributed by atoms with Crippen molar-refractivity contribution in [2.45, 2.75) is 44.9 Å². The number of aromatic hydroxyl groups is 2. The first-order chi connectivity index (χ1) is 40.4. The average Bonchev–Trinajstić information content (AvgIpc) is 0.793. The van der Waals surface area contributed by atoms with E-state index in [0.29, 0.717) is 41.9 Å². The molecule has 36 nitrogen and oxygen atoms in total. The van der Waals surface area contributed by atoms with Crippen LogP contribution in [0, 0.1) is 6.92 Å². The van der Waals surface area contributed by atoms with E-state index in [9.17, 15) is 84.7 Å². The molecule has 1 aliphatic rings. The van der Waals surface area contributed by atoms with Gasteiger partial charge in [-0.15, -0.1) is 20.5 Å². The topological polar surface area (TPSA) is 559 Å². The Hall–Kier alpha value is -8.46. The van der Waals surface area contributed by atoms with Gasteiger partial charge >= 0.3 is 0 Å². The van der Waals surface area contributed by atoms with Crippen LogP contribution in [-0.4, -0.2) is 156 Å². The summed E-state index contributed by atoms with van der Waals surface area (Å²) in [4.78, 5) is 44.2. The number of halogens is 2. The fourth-order valence-corrected chi connectivity index (χ4v) is 11.6. The van der Waals surface area contributed by atoms with Gasteiger partial charge in [-0.1, -0.05) is 18.7 Å². The molecule has 0 atom stereocenters. The minimum atomic E-state index is -5.37. The second-order valence-corrected chi connectivity index (χ2v) is 25.5. The predicted octanol–water partition coefficient (Wildman–Crippen LogP) is 3.69. The number of amidine groups is 1. The second-order valence-electron chi connectivity index (χ2n) is 17.8. The lowest BCUT2D eigenvalue weighted by Crippen LogP contribution is -2.48. The highest BCUT2D eigenvalue weighted by molar-refractivity contribution is 7.87. The Morgan fingerprint density at radius 1 is 0.724 bits per heavy atom. The molecule has 2 aromatic heterocycles. The zero-order valence-electron chi connectivity index (χ0n) is 44.2. The number of nitrogens with zero attached hydrogens (tertiary/aromatic N) is 12. The van der Waals surface area contributed by atoms with Crippen molar-refractivity contribution in [2.75, 3.05) is 54.8 Å². The Morgan fingerprint density at radius 2 is 1.33 bits per heavy atom. The van der Waals surface area contributed by atoms with Crippen LogP contribution in [0.1, 0.15) is 22.8 Å². The molecule has 87 heavy (non-hydrogen) atoms. The highest BCUT2D eigenvalue weighted by Gasteiger charge is 2.30. The zero-order valence-corrected chi connectivity index (χ0v) is 49.8. The molecule has 3 heterocycles. The number of carbonyl (C=O) groups is 1. The normalized spacial score (nSPS) is 14.3. The van der Waals surface area contributed by atoms with Crippen molar-refractivity contribution in [1.29, 1.82) is 0 Å². The molecule has 0 saturated carbocycles. The molecule has 1 amide bonds. The number of benzene rings is 4. The van der Waals surface area contributed by atoms with Gasteiger partial charge in [0.05, 0.1) is 16.3 Å². The van der Waals surface area contributed by atoms with E-state index in [2.05, 4.69) is 67.9 Å². The van der Waals surface area contributed by atoms with Crippen molar-refractivity contribution in [1.82, 2.24) is 29.7 Å². The van der Waals surface area contributed by atoms with E-state index < -0.39 is 171 Å². The van der Waals surface area contributed by atoms with Crippen LogP contribution in [0.15, 0.2) is 127 Å². The van der Waals surface area contributed by atoms with E-state index in [4.69, 9.17) is 34.7 Å². The summed E-state index contributed by atoms with van der Waals surface area (Å²) in [5, 5.41) is 42.6. The lowest BCUT2D eigenvalue weighted by molar-refractivity contribution is 0.0995. The molecule has 43 heteroatoms. The zero-order chi connectivity index (χ0) is 64.5. The maximum Gasteiger partial charge on any atom is 0.296 e. The van der Waals surface area contributed by atoms with Gasteiger partial charge in [-0.3, -0.25) is 41.8 Å². The van der Waals surface area contributed by atoms with Crippen molar-refractivity contribution >= 4 is 148 Å². The number of hydrogen-bond donors (Lipinski definition) is 12. The number of guanidine groups is 1. The molecule has 464 valence electrons. The molecule has 1 saturated heterocycles. The summed E-state index contributed by atoms with van der Waals surface area (Å²) in [6.45, 7) is 7.65. The minimum Gasteiger partial charge on any atom is -0.505 e. The number of phenols is 1. The minimum absolute atomic E-state index is 0.0764. The monoisotopic (exact) mass is 1350 g/mol. The number of nitrogens with one attached hydrogen (secondary N) is 3. The van der Waals surface area contributed by atoms with Crippen LogP contribution in [-0.2, 0) is 57.1 Å². The molecule has 1 aliphatic heterocycles. The molecular formula is C44H45Cl2N17O19S5. The van der Waals surface area contributed by atoms with Crippen LogP contribution in [0.5, 0.6) is 11.6 Å². The number of nitrogens with two attached hydrogens (primary N) is 2. The first kappa shape index (κ1) is 66.1. The first-order valence-corrected chi connectivity index (χ1v) is 31.8. The second kappa shape index (κ2) is 25.5. The lowest BCUT2D eigenvalue weighted by Gasteiger charge is -2.34. The number of fused-ring (bicyclic) bond motifs is 1. The van der Waals surface area contributed by atoms with Crippen LogP contribution in [0.2, 0.25) is 5.28 Å². The number of hydrogen-bond acceptors (Lipinski definition) is 26.